The normalized spacial score (nSPS) is 25.4. The Kier molecular flexibility index (Phi) is 6.34. The number of piperazine rings is 1. The molecule has 3 aliphatic rings. The molecular formula is C27H38N4O2. The average Bonchev–Trinajstić information content (AvgIpc) is 2.80. The second-order valence-electron chi connectivity index (χ2n) is 10.5. The number of hydrogen-bond donors (Lipinski definition) is 1. The number of benzene rings is 1. The van der Waals surface area contributed by atoms with Crippen molar-refractivity contribution in [2.45, 2.75) is 58.2 Å². The largest absolute Gasteiger partial charge is 0.489 e. The Bertz CT molecular complexity index is 992. The van der Waals surface area contributed by atoms with Gasteiger partial charge < -0.3 is 19.7 Å². The number of fused-ring (bicyclic) bond motifs is 1. The van der Waals surface area contributed by atoms with Crippen molar-refractivity contribution in [2.75, 3.05) is 50.9 Å². The molecule has 2 atom stereocenters. The van der Waals surface area contributed by atoms with E-state index < -0.39 is 0 Å². The van der Waals surface area contributed by atoms with Gasteiger partial charge in [-0.2, -0.15) is 0 Å². The molecule has 0 radical (unpaired) electrons. The molecule has 0 unspecified atom stereocenters. The first-order valence-corrected chi connectivity index (χ1v) is 12.4. The lowest BCUT2D eigenvalue weighted by molar-refractivity contribution is 0.0978. The number of aromatic nitrogens is 1. The molecule has 5 rings (SSSR count). The summed E-state index contributed by atoms with van der Waals surface area (Å²) in [7, 11) is 0. The summed E-state index contributed by atoms with van der Waals surface area (Å²) in [4.78, 5) is 9.94. The van der Waals surface area contributed by atoms with Crippen molar-refractivity contribution >= 4 is 5.82 Å². The van der Waals surface area contributed by atoms with Gasteiger partial charge in [-0.15, -0.1) is 0 Å². The molecule has 0 saturated carbocycles. The number of morpholine rings is 1. The van der Waals surface area contributed by atoms with Gasteiger partial charge in [-0.05, 0) is 42.4 Å². The van der Waals surface area contributed by atoms with E-state index in [2.05, 4.69) is 73.3 Å². The van der Waals surface area contributed by atoms with Crippen LogP contribution in [0.15, 0.2) is 30.5 Å². The van der Waals surface area contributed by atoms with Crippen molar-refractivity contribution in [1.29, 1.82) is 0 Å². The van der Waals surface area contributed by atoms with Gasteiger partial charge in [0.1, 0.15) is 0 Å². The number of hydrogen-bond acceptors (Lipinski definition) is 6. The Labute approximate surface area is 198 Å². The maximum Gasteiger partial charge on any atom is 0.172 e. The Hall–Kier alpha value is -2.15. The summed E-state index contributed by atoms with van der Waals surface area (Å²) < 4.78 is 12.0. The third kappa shape index (κ3) is 4.48. The minimum absolute atomic E-state index is 0.0690. The fraction of sp³-hybridized carbons (Fsp3) is 0.593. The molecule has 1 aromatic carbocycles. The highest BCUT2D eigenvalue weighted by Gasteiger charge is 2.37. The van der Waals surface area contributed by atoms with Crippen LogP contribution in [0.3, 0.4) is 0 Å². The summed E-state index contributed by atoms with van der Waals surface area (Å²) in [5.74, 6) is 2.00. The van der Waals surface area contributed by atoms with E-state index in [1.165, 1.54) is 22.3 Å². The van der Waals surface area contributed by atoms with E-state index in [9.17, 15) is 0 Å². The molecule has 0 spiro atoms. The van der Waals surface area contributed by atoms with Crippen LogP contribution in [-0.4, -0.2) is 61.9 Å². The molecule has 33 heavy (non-hydrogen) atoms. The smallest absolute Gasteiger partial charge is 0.172 e. The highest BCUT2D eigenvalue weighted by atomic mass is 16.5. The zero-order valence-corrected chi connectivity index (χ0v) is 20.6. The molecule has 2 saturated heterocycles. The van der Waals surface area contributed by atoms with Gasteiger partial charge in [-0.25, -0.2) is 4.98 Å². The zero-order chi connectivity index (χ0) is 23.0. The summed E-state index contributed by atoms with van der Waals surface area (Å²) in [6.45, 7) is 16.2. The Balaban J connectivity index is 1.44. The molecule has 4 heterocycles. The van der Waals surface area contributed by atoms with Gasteiger partial charge in [0.2, 0.25) is 0 Å². The van der Waals surface area contributed by atoms with Crippen LogP contribution >= 0.6 is 0 Å². The average molecular weight is 451 g/mol. The van der Waals surface area contributed by atoms with Crippen LogP contribution in [0.2, 0.25) is 0 Å². The number of pyridine rings is 1. The van der Waals surface area contributed by atoms with Gasteiger partial charge in [0.25, 0.3) is 0 Å². The van der Waals surface area contributed by atoms with E-state index in [0.717, 1.165) is 70.5 Å². The number of nitrogens with zero attached hydrogens (tertiary/aromatic N) is 3. The molecule has 3 aliphatic heterocycles. The van der Waals surface area contributed by atoms with Crippen LogP contribution in [0.1, 0.15) is 55.5 Å². The molecule has 6 nitrogen and oxygen atoms in total. The number of anilines is 1. The number of rotatable bonds is 4. The highest BCUT2D eigenvalue weighted by Crippen LogP contribution is 2.45. The minimum Gasteiger partial charge on any atom is -0.489 e. The Morgan fingerprint density at radius 2 is 2.03 bits per heavy atom. The summed E-state index contributed by atoms with van der Waals surface area (Å²) in [5, 5.41) is 3.73. The molecular weight excluding hydrogens is 412 g/mol. The van der Waals surface area contributed by atoms with E-state index in [1.54, 1.807) is 0 Å². The van der Waals surface area contributed by atoms with Gasteiger partial charge in [0.15, 0.2) is 11.6 Å². The van der Waals surface area contributed by atoms with E-state index in [1.807, 2.05) is 0 Å². The first-order valence-electron chi connectivity index (χ1n) is 12.4. The van der Waals surface area contributed by atoms with Crippen molar-refractivity contribution in [3.05, 3.63) is 52.7 Å². The van der Waals surface area contributed by atoms with Crippen molar-refractivity contribution in [2.24, 2.45) is 0 Å². The molecule has 2 fully saturated rings. The van der Waals surface area contributed by atoms with Crippen LogP contribution < -0.4 is 15.0 Å². The number of ether oxygens (including phenoxy) is 2. The van der Waals surface area contributed by atoms with Crippen LogP contribution in [0.25, 0.3) is 0 Å². The van der Waals surface area contributed by atoms with E-state index in [0.29, 0.717) is 12.1 Å². The minimum atomic E-state index is 0.0690. The summed E-state index contributed by atoms with van der Waals surface area (Å²) >= 11 is 0. The number of nitrogens with one attached hydrogen (secondary N) is 1. The second kappa shape index (κ2) is 9.24. The lowest BCUT2D eigenvalue weighted by Gasteiger charge is -2.41. The predicted octanol–water partition coefficient (Wildman–Crippen LogP) is 3.82. The summed E-state index contributed by atoms with van der Waals surface area (Å²) in [5.41, 5.74) is 5.49. The van der Waals surface area contributed by atoms with Crippen LogP contribution in [0.4, 0.5) is 5.82 Å². The van der Waals surface area contributed by atoms with Crippen molar-refractivity contribution in [1.82, 2.24) is 15.2 Å². The molecule has 2 aromatic rings. The maximum atomic E-state index is 6.35. The van der Waals surface area contributed by atoms with Gasteiger partial charge in [0, 0.05) is 50.5 Å². The third-order valence-electron chi connectivity index (χ3n) is 7.60. The molecule has 0 amide bonds. The van der Waals surface area contributed by atoms with Gasteiger partial charge in [-0.3, -0.25) is 4.90 Å². The molecule has 0 bridgehead atoms. The first-order chi connectivity index (χ1) is 15.9. The SMILES string of the molecule is Cc1ccccc1[C@@H]1CN(Cc2cnc(N3CCOC[C@@H]3C)c3c2C(C)(C)CCO3)CCN1. The number of aryl methyl sites for hydroxylation is 1. The molecule has 6 heteroatoms. The standard InChI is InChI=1S/C27H38N4O2/c1-19-7-5-6-8-22(19)23-17-30(11-10-28-23)16-21-15-29-26(31-12-14-32-18-20(31)2)25-24(21)27(3,4)9-13-33-25/h5-8,15,20,23,28H,9-14,16-18H2,1-4H3/t20-,23-/m0/s1. The molecule has 1 aromatic heterocycles. The first kappa shape index (κ1) is 22.6. The molecule has 178 valence electrons. The zero-order valence-electron chi connectivity index (χ0n) is 20.6. The van der Waals surface area contributed by atoms with E-state index >= 15 is 0 Å². The van der Waals surface area contributed by atoms with Crippen molar-refractivity contribution in [3.8, 4) is 5.75 Å². The maximum absolute atomic E-state index is 6.35. The monoisotopic (exact) mass is 450 g/mol. The summed E-state index contributed by atoms with van der Waals surface area (Å²) in [6, 6.07) is 9.40. The van der Waals surface area contributed by atoms with Crippen molar-refractivity contribution in [3.63, 3.8) is 0 Å². The summed E-state index contributed by atoms with van der Waals surface area (Å²) in [6.07, 6.45) is 3.15. The van der Waals surface area contributed by atoms with Gasteiger partial charge in [-0.1, -0.05) is 38.1 Å². The van der Waals surface area contributed by atoms with E-state index in [-0.39, 0.29) is 5.41 Å². The molecule has 1 N–H and O–H groups in total. The quantitative estimate of drug-likeness (QED) is 0.764. The fourth-order valence-electron chi connectivity index (χ4n) is 5.68. The lowest BCUT2D eigenvalue weighted by atomic mass is 9.77. The molecule has 0 aliphatic carbocycles. The van der Waals surface area contributed by atoms with Crippen LogP contribution in [0.5, 0.6) is 5.75 Å². The lowest BCUT2D eigenvalue weighted by Crippen LogP contribution is -2.46. The van der Waals surface area contributed by atoms with E-state index in [4.69, 9.17) is 14.5 Å². The Morgan fingerprint density at radius 3 is 2.85 bits per heavy atom. The van der Waals surface area contributed by atoms with Gasteiger partial charge >= 0.3 is 0 Å². The van der Waals surface area contributed by atoms with Crippen molar-refractivity contribution < 1.29 is 9.47 Å². The predicted molar refractivity (Wildman–Crippen MR) is 132 cm³/mol. The highest BCUT2D eigenvalue weighted by molar-refractivity contribution is 5.62. The third-order valence-corrected chi connectivity index (χ3v) is 7.60. The van der Waals surface area contributed by atoms with Crippen LogP contribution in [0, 0.1) is 6.92 Å². The van der Waals surface area contributed by atoms with Crippen LogP contribution in [-0.2, 0) is 16.7 Å². The fourth-order valence-corrected chi connectivity index (χ4v) is 5.68. The second-order valence-corrected chi connectivity index (χ2v) is 10.5. The topological polar surface area (TPSA) is 49.9 Å². The van der Waals surface area contributed by atoms with Gasteiger partial charge in [0.05, 0.1) is 25.9 Å². The Morgan fingerprint density at radius 1 is 1.18 bits per heavy atom.